The van der Waals surface area contributed by atoms with E-state index >= 15 is 0 Å². The first-order valence-corrected chi connectivity index (χ1v) is 8.88. The van der Waals surface area contributed by atoms with Crippen LogP contribution in [0.4, 0.5) is 0 Å². The van der Waals surface area contributed by atoms with Gasteiger partial charge in [-0.05, 0) is 50.2 Å². The number of carbonyl (C=O) groups is 1. The van der Waals surface area contributed by atoms with Crippen molar-refractivity contribution in [3.63, 3.8) is 0 Å². The number of rotatable bonds is 4. The maximum atomic E-state index is 12.8. The first-order valence-electron chi connectivity index (χ1n) is 8.88. The summed E-state index contributed by atoms with van der Waals surface area (Å²) in [5.74, 6) is 2.66. The van der Waals surface area contributed by atoms with Crippen LogP contribution in [0.2, 0.25) is 0 Å². The van der Waals surface area contributed by atoms with E-state index in [0.29, 0.717) is 11.8 Å². The molecule has 2 heterocycles. The molecule has 1 atom stereocenters. The molecule has 126 valence electrons. The summed E-state index contributed by atoms with van der Waals surface area (Å²) in [5, 5.41) is 4.09. The van der Waals surface area contributed by atoms with E-state index in [1.54, 1.807) is 0 Å². The van der Waals surface area contributed by atoms with Gasteiger partial charge in [-0.15, -0.1) is 0 Å². The number of piperidine rings is 1. The fourth-order valence-electron chi connectivity index (χ4n) is 3.50. The zero-order valence-electron chi connectivity index (χ0n) is 14.1. The summed E-state index contributed by atoms with van der Waals surface area (Å²) in [6.07, 6.45) is 5.28. The van der Waals surface area contributed by atoms with E-state index in [2.05, 4.69) is 10.1 Å². The predicted molar refractivity (Wildman–Crippen MR) is 89.8 cm³/mol. The standard InChI is InChI=1S/C19H23N3O2/c1-13-5-2-3-7-16(13)19(23)22-10-4-6-14(12-22)11-17-20-18(21-24-17)15-8-9-15/h2-3,5,7,14-15H,4,6,8-12H2,1H3. The minimum absolute atomic E-state index is 0.141. The summed E-state index contributed by atoms with van der Waals surface area (Å²) in [5.41, 5.74) is 1.85. The van der Waals surface area contributed by atoms with Gasteiger partial charge in [0.05, 0.1) is 0 Å². The summed E-state index contributed by atoms with van der Waals surface area (Å²) < 4.78 is 5.40. The van der Waals surface area contributed by atoms with E-state index in [9.17, 15) is 4.79 Å². The third-order valence-electron chi connectivity index (χ3n) is 5.07. The number of likely N-dealkylation sites (tertiary alicyclic amines) is 1. The van der Waals surface area contributed by atoms with E-state index < -0.39 is 0 Å². The lowest BCUT2D eigenvalue weighted by molar-refractivity contribution is 0.0667. The third kappa shape index (κ3) is 3.21. The largest absolute Gasteiger partial charge is 0.339 e. The van der Waals surface area contributed by atoms with Crippen LogP contribution in [0.15, 0.2) is 28.8 Å². The Labute approximate surface area is 142 Å². The van der Waals surface area contributed by atoms with Crippen LogP contribution in [0.5, 0.6) is 0 Å². The minimum atomic E-state index is 0.141. The fourth-order valence-corrected chi connectivity index (χ4v) is 3.50. The minimum Gasteiger partial charge on any atom is -0.339 e. The SMILES string of the molecule is Cc1ccccc1C(=O)N1CCCC(Cc2nc(C3CC3)no2)C1. The first kappa shape index (κ1) is 15.4. The quantitative estimate of drug-likeness (QED) is 0.865. The van der Waals surface area contributed by atoms with Crippen LogP contribution in [0.25, 0.3) is 0 Å². The smallest absolute Gasteiger partial charge is 0.254 e. The van der Waals surface area contributed by atoms with E-state index in [0.717, 1.165) is 55.2 Å². The molecule has 1 saturated heterocycles. The second-order valence-corrected chi connectivity index (χ2v) is 7.10. The van der Waals surface area contributed by atoms with Crippen LogP contribution < -0.4 is 0 Å². The van der Waals surface area contributed by atoms with E-state index in [1.807, 2.05) is 36.1 Å². The van der Waals surface area contributed by atoms with Gasteiger partial charge in [0.25, 0.3) is 5.91 Å². The molecule has 2 aliphatic rings. The molecular formula is C19H23N3O2. The number of aryl methyl sites for hydroxylation is 1. The van der Waals surface area contributed by atoms with Gasteiger partial charge in [-0.25, -0.2) is 0 Å². The number of benzene rings is 1. The molecular weight excluding hydrogens is 302 g/mol. The average Bonchev–Trinajstić information content (AvgIpc) is 3.35. The van der Waals surface area contributed by atoms with Gasteiger partial charge in [-0.2, -0.15) is 4.98 Å². The summed E-state index contributed by atoms with van der Waals surface area (Å²) >= 11 is 0. The van der Waals surface area contributed by atoms with Gasteiger partial charge in [0.1, 0.15) is 0 Å². The van der Waals surface area contributed by atoms with Crippen molar-refractivity contribution in [2.24, 2.45) is 5.92 Å². The zero-order valence-corrected chi connectivity index (χ0v) is 14.1. The molecule has 24 heavy (non-hydrogen) atoms. The summed E-state index contributed by atoms with van der Waals surface area (Å²) in [4.78, 5) is 19.3. The van der Waals surface area contributed by atoms with Crippen molar-refractivity contribution < 1.29 is 9.32 Å². The van der Waals surface area contributed by atoms with Crippen LogP contribution in [0.3, 0.4) is 0 Å². The molecule has 1 aromatic heterocycles. The molecule has 1 aliphatic carbocycles. The van der Waals surface area contributed by atoms with Gasteiger partial charge in [-0.1, -0.05) is 23.4 Å². The Morgan fingerprint density at radius 3 is 2.92 bits per heavy atom. The number of nitrogens with zero attached hydrogens (tertiary/aromatic N) is 3. The highest BCUT2D eigenvalue weighted by molar-refractivity contribution is 5.95. The van der Waals surface area contributed by atoms with Gasteiger partial charge >= 0.3 is 0 Å². The van der Waals surface area contributed by atoms with Gasteiger partial charge < -0.3 is 9.42 Å². The summed E-state index contributed by atoms with van der Waals surface area (Å²) in [6, 6.07) is 7.81. The lowest BCUT2D eigenvalue weighted by Gasteiger charge is -2.32. The van der Waals surface area contributed by atoms with Gasteiger partial charge in [-0.3, -0.25) is 4.79 Å². The zero-order chi connectivity index (χ0) is 16.5. The van der Waals surface area contributed by atoms with Gasteiger partial charge in [0.2, 0.25) is 5.89 Å². The van der Waals surface area contributed by atoms with Crippen molar-refractivity contribution in [1.82, 2.24) is 15.0 Å². The summed E-state index contributed by atoms with van der Waals surface area (Å²) in [7, 11) is 0. The first-order chi connectivity index (χ1) is 11.7. The van der Waals surface area contributed by atoms with Crippen LogP contribution in [0.1, 0.15) is 59.2 Å². The second-order valence-electron chi connectivity index (χ2n) is 7.10. The van der Waals surface area contributed by atoms with Crippen molar-refractivity contribution in [2.45, 2.75) is 44.9 Å². The predicted octanol–water partition coefficient (Wildman–Crippen LogP) is 3.35. The molecule has 1 amide bonds. The Hall–Kier alpha value is -2.17. The molecule has 2 aromatic rings. The van der Waals surface area contributed by atoms with Crippen molar-refractivity contribution in [3.05, 3.63) is 47.1 Å². The number of hydrogen-bond acceptors (Lipinski definition) is 4. The fraction of sp³-hybridized carbons (Fsp3) is 0.526. The van der Waals surface area contributed by atoms with Crippen LogP contribution in [-0.2, 0) is 6.42 Å². The Kier molecular flexibility index (Phi) is 4.08. The van der Waals surface area contributed by atoms with E-state index in [1.165, 1.54) is 12.8 Å². The number of hydrogen-bond donors (Lipinski definition) is 0. The number of aromatic nitrogens is 2. The van der Waals surface area contributed by atoms with Crippen molar-refractivity contribution in [1.29, 1.82) is 0 Å². The lowest BCUT2D eigenvalue weighted by atomic mass is 9.94. The van der Waals surface area contributed by atoms with Crippen LogP contribution in [0, 0.1) is 12.8 Å². The maximum Gasteiger partial charge on any atom is 0.254 e. The molecule has 0 bridgehead atoms. The van der Waals surface area contributed by atoms with Gasteiger partial charge in [0.15, 0.2) is 5.82 Å². The highest BCUT2D eigenvalue weighted by Crippen LogP contribution is 2.38. The number of amides is 1. The highest BCUT2D eigenvalue weighted by Gasteiger charge is 2.30. The topological polar surface area (TPSA) is 59.2 Å². The van der Waals surface area contributed by atoms with E-state index in [4.69, 9.17) is 4.52 Å². The van der Waals surface area contributed by atoms with Crippen LogP contribution >= 0.6 is 0 Å². The summed E-state index contributed by atoms with van der Waals surface area (Å²) in [6.45, 7) is 3.60. The molecule has 1 saturated carbocycles. The molecule has 4 rings (SSSR count). The average molecular weight is 325 g/mol. The van der Waals surface area contributed by atoms with Crippen LogP contribution in [-0.4, -0.2) is 34.0 Å². The molecule has 0 spiro atoms. The molecule has 1 aromatic carbocycles. The van der Waals surface area contributed by atoms with Crippen molar-refractivity contribution in [2.75, 3.05) is 13.1 Å². The number of carbonyl (C=O) groups excluding carboxylic acids is 1. The van der Waals surface area contributed by atoms with Crippen molar-refractivity contribution in [3.8, 4) is 0 Å². The Balaban J connectivity index is 1.41. The van der Waals surface area contributed by atoms with E-state index in [-0.39, 0.29) is 5.91 Å². The van der Waals surface area contributed by atoms with Gasteiger partial charge in [0, 0.05) is 31.0 Å². The Morgan fingerprint density at radius 1 is 1.29 bits per heavy atom. The highest BCUT2D eigenvalue weighted by atomic mass is 16.5. The Morgan fingerprint density at radius 2 is 2.12 bits per heavy atom. The molecule has 1 unspecified atom stereocenters. The monoisotopic (exact) mass is 325 g/mol. The molecule has 1 aliphatic heterocycles. The second kappa shape index (κ2) is 6.38. The molecule has 5 nitrogen and oxygen atoms in total. The molecule has 5 heteroatoms. The molecule has 0 radical (unpaired) electrons. The lowest BCUT2D eigenvalue weighted by Crippen LogP contribution is -2.40. The Bertz CT molecular complexity index is 736. The van der Waals surface area contributed by atoms with Crippen molar-refractivity contribution >= 4 is 5.91 Å². The molecule has 0 N–H and O–H groups in total. The maximum absolute atomic E-state index is 12.8. The third-order valence-corrected chi connectivity index (χ3v) is 5.07. The normalized spacial score (nSPS) is 21.0. The molecule has 2 fully saturated rings.